The van der Waals surface area contributed by atoms with E-state index in [1.54, 1.807) is 24.3 Å². The minimum absolute atomic E-state index is 0.428. The fourth-order valence-electron chi connectivity index (χ4n) is 1.66. The van der Waals surface area contributed by atoms with E-state index < -0.39 is 31.0 Å². The van der Waals surface area contributed by atoms with Gasteiger partial charge in [-0.1, -0.05) is 6.58 Å². The van der Waals surface area contributed by atoms with Crippen molar-refractivity contribution in [2.75, 3.05) is 30.1 Å². The monoisotopic (exact) mass is 308 g/mol. The zero-order chi connectivity index (χ0) is 16.7. The highest BCUT2D eigenvalue weighted by Crippen LogP contribution is 2.20. The van der Waals surface area contributed by atoms with Crippen LogP contribution in [0, 0.1) is 0 Å². The zero-order valence-corrected chi connectivity index (χ0v) is 11.9. The Morgan fingerprint density at radius 3 is 1.95 bits per heavy atom. The number of benzene rings is 1. The maximum Gasteiger partial charge on any atom is 0.355 e. The lowest BCUT2D eigenvalue weighted by atomic mass is 10.2. The van der Waals surface area contributed by atoms with Gasteiger partial charge in [0.2, 0.25) is 0 Å². The van der Waals surface area contributed by atoms with E-state index in [1.807, 2.05) is 0 Å². The highest BCUT2D eigenvalue weighted by atomic mass is 16.7. The predicted octanol–water partition coefficient (Wildman–Crippen LogP) is 0.743. The Bertz CT molecular complexity index is 553. The van der Waals surface area contributed by atoms with Crippen LogP contribution in [0.4, 0.5) is 11.4 Å². The van der Waals surface area contributed by atoms with Gasteiger partial charge in [0.25, 0.3) is 0 Å². The van der Waals surface area contributed by atoms with Crippen LogP contribution in [0.15, 0.2) is 36.9 Å². The molecule has 8 heteroatoms. The average molecular weight is 308 g/mol. The second-order valence-electron chi connectivity index (χ2n) is 4.27. The largest absolute Gasteiger partial charge is 0.480 e. The summed E-state index contributed by atoms with van der Waals surface area (Å²) in [5, 5.41) is 18.8. The van der Waals surface area contributed by atoms with Crippen LogP contribution in [-0.2, 0) is 19.2 Å². The van der Waals surface area contributed by atoms with Gasteiger partial charge in [-0.3, -0.25) is 9.59 Å². The first-order valence-electron chi connectivity index (χ1n) is 6.20. The normalized spacial score (nSPS) is 9.68. The first kappa shape index (κ1) is 17.0. The molecule has 1 aromatic rings. The summed E-state index contributed by atoms with van der Waals surface area (Å²) in [5.74, 6) is -2.89. The maximum absolute atomic E-state index is 11.1. The average Bonchev–Trinajstić information content (AvgIpc) is 2.45. The van der Waals surface area contributed by atoms with Crippen LogP contribution in [0.3, 0.4) is 0 Å². The van der Waals surface area contributed by atoms with Crippen molar-refractivity contribution in [3.63, 3.8) is 0 Å². The minimum Gasteiger partial charge on any atom is -0.480 e. The lowest BCUT2D eigenvalue weighted by Gasteiger charge is -2.22. The first-order valence-corrected chi connectivity index (χ1v) is 6.20. The van der Waals surface area contributed by atoms with Crippen LogP contribution in [-0.4, -0.2) is 48.3 Å². The summed E-state index contributed by atoms with van der Waals surface area (Å²) in [5.41, 5.74) is 0.960. The molecule has 0 radical (unpaired) electrons. The van der Waals surface area contributed by atoms with Gasteiger partial charge in [-0.25, -0.2) is 9.86 Å². The summed E-state index contributed by atoms with van der Waals surface area (Å²) < 4.78 is 0. The molecule has 1 aromatic carbocycles. The van der Waals surface area contributed by atoms with E-state index in [9.17, 15) is 14.4 Å². The van der Waals surface area contributed by atoms with Gasteiger partial charge in [0.15, 0.2) is 0 Å². The van der Waals surface area contributed by atoms with Gasteiger partial charge in [0.05, 0.1) is 5.69 Å². The van der Waals surface area contributed by atoms with Crippen molar-refractivity contribution in [3.8, 4) is 0 Å². The second kappa shape index (κ2) is 7.67. The summed E-state index contributed by atoms with van der Waals surface area (Å²) >= 11 is 0. The van der Waals surface area contributed by atoms with E-state index >= 15 is 0 Å². The Balaban J connectivity index is 2.88. The molecule has 0 saturated heterocycles. The van der Waals surface area contributed by atoms with Gasteiger partial charge in [-0.15, -0.1) is 0 Å². The SMILES string of the molecule is C=CC(=O)ON(C)c1ccc(N(CC(=O)O)CC(=O)O)cc1. The molecule has 22 heavy (non-hydrogen) atoms. The predicted molar refractivity (Wildman–Crippen MR) is 78.6 cm³/mol. The number of hydroxylamine groups is 1. The number of hydrogen-bond acceptors (Lipinski definition) is 6. The molecule has 0 aromatic heterocycles. The molecule has 0 fully saturated rings. The number of carboxylic acids is 2. The molecule has 118 valence electrons. The quantitative estimate of drug-likeness (QED) is 0.535. The van der Waals surface area contributed by atoms with Crippen molar-refractivity contribution in [2.24, 2.45) is 0 Å². The molecule has 0 spiro atoms. The Hall–Kier alpha value is -3.03. The summed E-state index contributed by atoms with van der Waals surface area (Å²) in [4.78, 5) is 38.7. The van der Waals surface area contributed by atoms with Gasteiger partial charge in [-0.05, 0) is 24.3 Å². The summed E-state index contributed by atoms with van der Waals surface area (Å²) in [6, 6.07) is 6.23. The third kappa shape index (κ3) is 5.16. The minimum atomic E-state index is -1.14. The van der Waals surface area contributed by atoms with Crippen molar-refractivity contribution < 1.29 is 29.4 Å². The third-order valence-electron chi connectivity index (χ3n) is 2.62. The number of carbonyl (C=O) groups is 3. The van der Waals surface area contributed by atoms with Crippen LogP contribution in [0.2, 0.25) is 0 Å². The number of nitrogens with zero attached hydrogens (tertiary/aromatic N) is 2. The van der Waals surface area contributed by atoms with E-state index in [2.05, 4.69) is 6.58 Å². The lowest BCUT2D eigenvalue weighted by Crippen LogP contribution is -2.34. The second-order valence-corrected chi connectivity index (χ2v) is 4.27. The molecule has 8 nitrogen and oxygen atoms in total. The topological polar surface area (TPSA) is 107 Å². The fraction of sp³-hybridized carbons (Fsp3) is 0.214. The Morgan fingerprint density at radius 2 is 1.55 bits per heavy atom. The molecule has 0 aliphatic rings. The molecule has 0 unspecified atom stereocenters. The molecule has 0 aliphatic carbocycles. The van der Waals surface area contributed by atoms with Crippen LogP contribution >= 0.6 is 0 Å². The van der Waals surface area contributed by atoms with Crippen molar-refractivity contribution in [2.45, 2.75) is 0 Å². The number of carboxylic acid groups (broad SMARTS) is 2. The standard InChI is InChI=1S/C14H16N2O6/c1-3-14(21)22-15(2)10-4-6-11(7-5-10)16(8-12(17)18)9-13(19)20/h3-7H,1,8-9H2,2H3,(H,17,18)(H,19,20). The summed E-state index contributed by atoms with van der Waals surface area (Å²) in [6.07, 6.45) is 1.02. The van der Waals surface area contributed by atoms with Crippen LogP contribution < -0.4 is 9.96 Å². The van der Waals surface area contributed by atoms with Gasteiger partial charge in [0.1, 0.15) is 13.1 Å². The van der Waals surface area contributed by atoms with Crippen molar-refractivity contribution >= 4 is 29.3 Å². The van der Waals surface area contributed by atoms with Crippen molar-refractivity contribution in [1.29, 1.82) is 0 Å². The summed E-state index contributed by atoms with van der Waals surface area (Å²) in [7, 11) is 1.52. The molecule has 2 N–H and O–H groups in total. The molecule has 0 bridgehead atoms. The van der Waals surface area contributed by atoms with Crippen LogP contribution in [0.1, 0.15) is 0 Å². The van der Waals surface area contributed by atoms with Gasteiger partial charge in [0, 0.05) is 18.8 Å². The fourth-order valence-corrected chi connectivity index (χ4v) is 1.66. The van der Waals surface area contributed by atoms with E-state index in [0.29, 0.717) is 11.4 Å². The van der Waals surface area contributed by atoms with Gasteiger partial charge < -0.3 is 20.0 Å². The smallest absolute Gasteiger partial charge is 0.355 e. The number of hydrogen-bond donors (Lipinski definition) is 2. The molecule has 0 heterocycles. The molecular formula is C14H16N2O6. The van der Waals surface area contributed by atoms with Gasteiger partial charge in [-0.2, -0.15) is 0 Å². The third-order valence-corrected chi connectivity index (χ3v) is 2.62. The highest BCUT2D eigenvalue weighted by Gasteiger charge is 2.15. The van der Waals surface area contributed by atoms with Crippen LogP contribution in [0.5, 0.6) is 0 Å². The molecule has 0 amide bonds. The Kier molecular flexibility index (Phi) is 5.94. The van der Waals surface area contributed by atoms with E-state index in [0.717, 1.165) is 6.08 Å². The molecule has 0 aliphatic heterocycles. The number of aliphatic carboxylic acids is 2. The molecule has 0 saturated carbocycles. The maximum atomic E-state index is 11.1. The lowest BCUT2D eigenvalue weighted by molar-refractivity contribution is -0.139. The first-order chi connectivity index (χ1) is 10.3. The number of rotatable bonds is 8. The summed E-state index contributed by atoms with van der Waals surface area (Å²) in [6.45, 7) is 2.41. The van der Waals surface area contributed by atoms with E-state index in [-0.39, 0.29) is 0 Å². The molecule has 1 rings (SSSR count). The van der Waals surface area contributed by atoms with Gasteiger partial charge >= 0.3 is 17.9 Å². The Morgan fingerprint density at radius 1 is 1.09 bits per heavy atom. The Labute approximate surface area is 126 Å². The van der Waals surface area contributed by atoms with E-state index in [1.165, 1.54) is 17.0 Å². The highest BCUT2D eigenvalue weighted by molar-refractivity contribution is 5.82. The van der Waals surface area contributed by atoms with Crippen molar-refractivity contribution in [3.05, 3.63) is 36.9 Å². The van der Waals surface area contributed by atoms with Crippen molar-refractivity contribution in [1.82, 2.24) is 0 Å². The molecular weight excluding hydrogens is 292 g/mol. The number of anilines is 2. The number of carbonyl (C=O) groups excluding carboxylic acids is 1. The van der Waals surface area contributed by atoms with E-state index in [4.69, 9.17) is 15.1 Å². The molecule has 0 atom stereocenters. The van der Waals surface area contributed by atoms with Crippen LogP contribution in [0.25, 0.3) is 0 Å². The zero-order valence-electron chi connectivity index (χ0n) is 11.9.